The van der Waals surface area contributed by atoms with Gasteiger partial charge in [-0.3, -0.25) is 0 Å². The first-order chi connectivity index (χ1) is 6.09. The van der Waals surface area contributed by atoms with Crippen molar-refractivity contribution in [2.75, 3.05) is 24.3 Å². The van der Waals surface area contributed by atoms with Gasteiger partial charge in [-0.1, -0.05) is 12.2 Å². The van der Waals surface area contributed by atoms with Gasteiger partial charge in [-0.2, -0.15) is 0 Å². The van der Waals surface area contributed by atoms with E-state index in [4.69, 9.17) is 12.2 Å². The molecule has 0 radical (unpaired) electrons. The molecule has 1 aromatic carbocycles. The zero-order chi connectivity index (χ0) is 9.84. The van der Waals surface area contributed by atoms with Gasteiger partial charge in [-0.15, -0.1) is 0 Å². The molecular weight excluding hydrogens is 180 g/mol. The van der Waals surface area contributed by atoms with E-state index in [2.05, 4.69) is 22.3 Å². The molecule has 0 saturated carbocycles. The second kappa shape index (κ2) is 4.23. The van der Waals surface area contributed by atoms with Crippen molar-refractivity contribution in [3.8, 4) is 0 Å². The van der Waals surface area contributed by atoms with Crippen molar-refractivity contribution in [2.24, 2.45) is 0 Å². The van der Waals surface area contributed by atoms with Crippen LogP contribution in [0.3, 0.4) is 0 Å². The number of anilines is 2. The minimum atomic E-state index is 0.789. The first kappa shape index (κ1) is 9.99. The summed E-state index contributed by atoms with van der Waals surface area (Å²) in [7, 11) is 4.04. The number of hydrogen-bond donors (Lipinski definition) is 1. The monoisotopic (exact) mass is 194 g/mol. The summed E-state index contributed by atoms with van der Waals surface area (Å²) in [6, 6.07) is 8.15. The zero-order valence-electron chi connectivity index (χ0n) is 8.16. The van der Waals surface area contributed by atoms with Crippen molar-refractivity contribution in [1.29, 1.82) is 0 Å². The van der Waals surface area contributed by atoms with Gasteiger partial charge in [0, 0.05) is 25.5 Å². The molecule has 0 aromatic heterocycles. The van der Waals surface area contributed by atoms with Crippen LogP contribution < -0.4 is 10.2 Å². The molecule has 13 heavy (non-hydrogen) atoms. The maximum atomic E-state index is 4.94. The van der Waals surface area contributed by atoms with Crippen molar-refractivity contribution >= 4 is 28.6 Å². The molecule has 2 nitrogen and oxygen atoms in total. The fraction of sp³-hybridized carbons (Fsp3) is 0.300. The lowest BCUT2D eigenvalue weighted by Crippen LogP contribution is -2.08. The number of nitrogens with one attached hydrogen (secondary N) is 1. The molecule has 1 aromatic rings. The first-order valence-electron chi connectivity index (χ1n) is 4.14. The van der Waals surface area contributed by atoms with Gasteiger partial charge in [-0.25, -0.2) is 0 Å². The predicted octanol–water partition coefficient (Wildman–Crippen LogP) is 2.51. The van der Waals surface area contributed by atoms with Crippen molar-refractivity contribution in [3.63, 3.8) is 0 Å². The lowest BCUT2D eigenvalue weighted by atomic mass is 10.2. The number of thiocarbonyl (C=S) groups is 1. The lowest BCUT2D eigenvalue weighted by Gasteiger charge is -2.12. The summed E-state index contributed by atoms with van der Waals surface area (Å²) in [6.07, 6.45) is 0. The Labute approximate surface area is 84.6 Å². The Balaban J connectivity index is 2.75. The maximum Gasteiger partial charge on any atom is 0.0765 e. The van der Waals surface area contributed by atoms with E-state index in [0.717, 1.165) is 10.7 Å². The van der Waals surface area contributed by atoms with Crippen molar-refractivity contribution in [2.45, 2.75) is 6.92 Å². The van der Waals surface area contributed by atoms with E-state index in [1.54, 1.807) is 0 Å². The molecule has 3 heteroatoms. The quantitative estimate of drug-likeness (QED) is 0.728. The third-order valence-electron chi connectivity index (χ3n) is 1.70. The fourth-order valence-corrected chi connectivity index (χ4v) is 1.16. The molecule has 0 fully saturated rings. The average Bonchev–Trinajstić information content (AvgIpc) is 2.04. The fourth-order valence-electron chi connectivity index (χ4n) is 1.05. The molecule has 1 N–H and O–H groups in total. The van der Waals surface area contributed by atoms with Crippen LogP contribution in [0.5, 0.6) is 0 Å². The number of nitrogens with zero attached hydrogens (tertiary/aromatic N) is 1. The smallest absolute Gasteiger partial charge is 0.0765 e. The highest BCUT2D eigenvalue weighted by molar-refractivity contribution is 7.80. The van der Waals surface area contributed by atoms with Crippen LogP contribution in [0, 0.1) is 0 Å². The molecule has 70 valence electrons. The van der Waals surface area contributed by atoms with Crippen molar-refractivity contribution in [1.82, 2.24) is 0 Å². The SMILES string of the molecule is CC(=S)Nc1ccc(N(C)C)cc1. The standard InChI is InChI=1S/C10H14N2S/c1-8(13)11-9-4-6-10(7-5-9)12(2)3/h4-7H,1-3H3,(H,11,13). The van der Waals surface area contributed by atoms with Crippen LogP contribution >= 0.6 is 12.2 Å². The van der Waals surface area contributed by atoms with Crippen molar-refractivity contribution < 1.29 is 0 Å². The lowest BCUT2D eigenvalue weighted by molar-refractivity contribution is 1.13. The predicted molar refractivity (Wildman–Crippen MR) is 62.7 cm³/mol. The number of benzene rings is 1. The van der Waals surface area contributed by atoms with Gasteiger partial charge in [0.05, 0.1) is 4.99 Å². The molecule has 0 aliphatic carbocycles. The van der Waals surface area contributed by atoms with Gasteiger partial charge in [0.1, 0.15) is 0 Å². The van der Waals surface area contributed by atoms with Crippen LogP contribution in [0.1, 0.15) is 6.92 Å². The normalized spacial score (nSPS) is 9.46. The second-order valence-corrected chi connectivity index (χ2v) is 3.73. The van der Waals surface area contributed by atoms with Crippen LogP contribution in [0.4, 0.5) is 11.4 Å². The number of hydrogen-bond acceptors (Lipinski definition) is 2. The summed E-state index contributed by atoms with van der Waals surface area (Å²) in [5.41, 5.74) is 2.23. The highest BCUT2D eigenvalue weighted by Crippen LogP contribution is 2.15. The molecule has 0 spiro atoms. The molecule has 0 unspecified atom stereocenters. The van der Waals surface area contributed by atoms with E-state index >= 15 is 0 Å². The molecule has 0 bridgehead atoms. The zero-order valence-corrected chi connectivity index (χ0v) is 8.98. The maximum absolute atomic E-state index is 4.94. The van der Waals surface area contributed by atoms with Crippen LogP contribution in [0.2, 0.25) is 0 Å². The Morgan fingerprint density at radius 1 is 1.23 bits per heavy atom. The molecule has 0 aliphatic heterocycles. The molecule has 0 atom stereocenters. The summed E-state index contributed by atoms with van der Waals surface area (Å²) >= 11 is 4.94. The Bertz CT molecular complexity index is 290. The highest BCUT2D eigenvalue weighted by atomic mass is 32.1. The summed E-state index contributed by atoms with van der Waals surface area (Å²) in [6.45, 7) is 1.87. The summed E-state index contributed by atoms with van der Waals surface area (Å²) in [4.78, 5) is 2.85. The Kier molecular flexibility index (Phi) is 3.25. The van der Waals surface area contributed by atoms with Gasteiger partial charge in [0.2, 0.25) is 0 Å². The second-order valence-electron chi connectivity index (χ2n) is 3.12. The van der Waals surface area contributed by atoms with Crippen LogP contribution in [-0.2, 0) is 0 Å². The van der Waals surface area contributed by atoms with Gasteiger partial charge in [0.25, 0.3) is 0 Å². The topological polar surface area (TPSA) is 15.3 Å². The minimum Gasteiger partial charge on any atom is -0.378 e. The van der Waals surface area contributed by atoms with E-state index in [1.807, 2.05) is 33.2 Å². The van der Waals surface area contributed by atoms with E-state index < -0.39 is 0 Å². The Morgan fingerprint density at radius 3 is 2.15 bits per heavy atom. The van der Waals surface area contributed by atoms with Crippen LogP contribution in [0.15, 0.2) is 24.3 Å². The van der Waals surface area contributed by atoms with E-state index in [-0.39, 0.29) is 0 Å². The molecule has 0 saturated heterocycles. The molecule has 0 heterocycles. The molecule has 1 rings (SSSR count). The molecule has 0 amide bonds. The van der Waals surface area contributed by atoms with E-state index in [1.165, 1.54) is 5.69 Å². The van der Waals surface area contributed by atoms with Gasteiger partial charge in [-0.05, 0) is 31.2 Å². The highest BCUT2D eigenvalue weighted by Gasteiger charge is 1.95. The van der Waals surface area contributed by atoms with Gasteiger partial charge < -0.3 is 10.2 Å². The number of rotatable bonds is 2. The summed E-state index contributed by atoms with van der Waals surface area (Å²) in [5.74, 6) is 0. The average molecular weight is 194 g/mol. The van der Waals surface area contributed by atoms with E-state index in [9.17, 15) is 0 Å². The van der Waals surface area contributed by atoms with Crippen LogP contribution in [0.25, 0.3) is 0 Å². The van der Waals surface area contributed by atoms with Crippen LogP contribution in [-0.4, -0.2) is 19.1 Å². The summed E-state index contributed by atoms with van der Waals surface area (Å²) in [5, 5.41) is 3.08. The van der Waals surface area contributed by atoms with E-state index in [0.29, 0.717) is 0 Å². The molecular formula is C10H14N2S. The third-order valence-corrected chi connectivity index (χ3v) is 1.81. The van der Waals surface area contributed by atoms with Crippen molar-refractivity contribution in [3.05, 3.63) is 24.3 Å². The third kappa shape index (κ3) is 3.03. The Hall–Kier alpha value is -1.09. The molecule has 0 aliphatic rings. The summed E-state index contributed by atoms with van der Waals surface area (Å²) < 4.78 is 0. The first-order valence-corrected chi connectivity index (χ1v) is 4.55. The van der Waals surface area contributed by atoms with Gasteiger partial charge in [0.15, 0.2) is 0 Å². The Morgan fingerprint density at radius 2 is 1.77 bits per heavy atom. The largest absolute Gasteiger partial charge is 0.378 e. The minimum absolute atomic E-state index is 0.789. The van der Waals surface area contributed by atoms with Gasteiger partial charge >= 0.3 is 0 Å².